The minimum Gasteiger partial charge on any atom is -0.493 e. The van der Waals surface area contributed by atoms with Crippen molar-refractivity contribution in [3.8, 4) is 23.0 Å². The summed E-state index contributed by atoms with van der Waals surface area (Å²) in [6.45, 7) is 2.08. The van der Waals surface area contributed by atoms with Crippen LogP contribution in [0.5, 0.6) is 23.0 Å². The predicted octanol–water partition coefficient (Wildman–Crippen LogP) is 6.90. The van der Waals surface area contributed by atoms with Gasteiger partial charge in [0.2, 0.25) is 0 Å². The molecule has 6 rings (SSSR count). The fourth-order valence-electron chi connectivity index (χ4n) is 6.06. The molecule has 0 spiro atoms. The number of Topliss-reactive ketones (excluding diaryl/α,β-unsaturated/α-hetero) is 1. The molecule has 0 fully saturated rings. The Labute approximate surface area is 222 Å². The Kier molecular flexibility index (Phi) is 5.90. The van der Waals surface area contributed by atoms with E-state index in [9.17, 15) is 4.79 Å². The van der Waals surface area contributed by atoms with Gasteiger partial charge < -0.3 is 24.3 Å². The van der Waals surface area contributed by atoms with Gasteiger partial charge in [0.25, 0.3) is 0 Å². The van der Waals surface area contributed by atoms with Gasteiger partial charge in [0.15, 0.2) is 28.8 Å². The molecule has 1 N–H and O–H groups in total. The first-order chi connectivity index (χ1) is 18.5. The molecule has 0 saturated heterocycles. The van der Waals surface area contributed by atoms with Gasteiger partial charge in [0, 0.05) is 29.0 Å². The predicted molar refractivity (Wildman–Crippen MR) is 150 cm³/mol. The lowest BCUT2D eigenvalue weighted by Crippen LogP contribution is -2.27. The van der Waals surface area contributed by atoms with Gasteiger partial charge in [0.05, 0.1) is 34.1 Å². The second-order valence-electron chi connectivity index (χ2n) is 9.93. The third-order valence-corrected chi connectivity index (χ3v) is 7.89. The molecular weight excluding hydrogens is 478 g/mol. The molecule has 1 aliphatic heterocycles. The van der Waals surface area contributed by atoms with Crippen LogP contribution in [0.4, 0.5) is 5.69 Å². The van der Waals surface area contributed by atoms with E-state index in [-0.39, 0.29) is 11.7 Å². The van der Waals surface area contributed by atoms with Crippen molar-refractivity contribution in [2.75, 3.05) is 33.8 Å². The molecule has 0 amide bonds. The second kappa shape index (κ2) is 9.28. The number of fused-ring (bicyclic) bond motifs is 6. The number of allylic oxidation sites excluding steroid dienone is 2. The van der Waals surface area contributed by atoms with Gasteiger partial charge in [-0.15, -0.1) is 0 Å². The van der Waals surface area contributed by atoms with Gasteiger partial charge >= 0.3 is 0 Å². The molecule has 0 bridgehead atoms. The molecule has 1 heterocycles. The maximum atomic E-state index is 13.5. The highest BCUT2D eigenvalue weighted by atomic mass is 16.5. The van der Waals surface area contributed by atoms with Crippen LogP contribution in [0.2, 0.25) is 0 Å². The Morgan fingerprint density at radius 2 is 1.24 bits per heavy atom. The molecule has 194 valence electrons. The summed E-state index contributed by atoms with van der Waals surface area (Å²) in [5.41, 5.74) is 6.19. The average Bonchev–Trinajstić information content (AvgIpc) is 2.95. The van der Waals surface area contributed by atoms with Crippen LogP contribution in [0.15, 0.2) is 59.8 Å². The normalized spacial score (nSPS) is 16.7. The van der Waals surface area contributed by atoms with Gasteiger partial charge in [-0.3, -0.25) is 4.79 Å². The lowest BCUT2D eigenvalue weighted by Gasteiger charge is -2.36. The van der Waals surface area contributed by atoms with Crippen LogP contribution in [-0.4, -0.2) is 34.2 Å². The quantitative estimate of drug-likeness (QED) is 0.295. The van der Waals surface area contributed by atoms with E-state index in [2.05, 4.69) is 36.5 Å². The van der Waals surface area contributed by atoms with Crippen LogP contribution in [-0.2, 0) is 4.79 Å². The van der Waals surface area contributed by atoms with Crippen molar-refractivity contribution in [3.05, 3.63) is 76.5 Å². The molecular formula is C32H31NO5. The lowest BCUT2D eigenvalue weighted by atomic mass is 9.73. The van der Waals surface area contributed by atoms with Crippen molar-refractivity contribution >= 4 is 33.0 Å². The van der Waals surface area contributed by atoms with Gasteiger partial charge in [-0.1, -0.05) is 29.8 Å². The molecule has 6 heteroatoms. The highest BCUT2D eigenvalue weighted by Gasteiger charge is 2.37. The Hall–Kier alpha value is -4.19. The SMILES string of the molecule is COc1cc2c3c(c4cc(OC)c(OC)cc4c2cc1OC)C(c1ccc(C)cc1)C1=C(CCCC1=O)N3. The van der Waals surface area contributed by atoms with Crippen LogP contribution < -0.4 is 24.3 Å². The zero-order chi connectivity index (χ0) is 26.6. The number of ketones is 1. The van der Waals surface area contributed by atoms with E-state index in [1.165, 1.54) is 5.56 Å². The third kappa shape index (κ3) is 3.58. The number of nitrogens with one attached hydrogen (secondary N) is 1. The van der Waals surface area contributed by atoms with E-state index >= 15 is 0 Å². The largest absolute Gasteiger partial charge is 0.493 e. The summed E-state index contributed by atoms with van der Waals surface area (Å²) in [6.07, 6.45) is 2.24. The molecule has 0 radical (unpaired) electrons. The summed E-state index contributed by atoms with van der Waals surface area (Å²) in [5, 5.41) is 7.71. The minimum absolute atomic E-state index is 0.205. The summed E-state index contributed by atoms with van der Waals surface area (Å²) in [5.74, 6) is 2.56. The summed E-state index contributed by atoms with van der Waals surface area (Å²) in [7, 11) is 6.58. The van der Waals surface area contributed by atoms with E-state index in [4.69, 9.17) is 18.9 Å². The first kappa shape index (κ1) is 24.2. The van der Waals surface area contributed by atoms with E-state index in [0.29, 0.717) is 29.4 Å². The third-order valence-electron chi connectivity index (χ3n) is 7.89. The van der Waals surface area contributed by atoms with Crippen LogP contribution in [0.1, 0.15) is 41.9 Å². The Bertz CT molecular complexity index is 1630. The number of ether oxygens (including phenoxy) is 4. The number of hydrogen-bond acceptors (Lipinski definition) is 6. The molecule has 1 aliphatic carbocycles. The number of carbonyl (C=O) groups is 1. The number of aryl methyl sites for hydroxylation is 1. The fourth-order valence-corrected chi connectivity index (χ4v) is 6.06. The van der Waals surface area contributed by atoms with Crippen molar-refractivity contribution in [2.45, 2.75) is 32.1 Å². The highest BCUT2D eigenvalue weighted by Crippen LogP contribution is 2.53. The molecule has 0 aromatic heterocycles. The second-order valence-corrected chi connectivity index (χ2v) is 9.93. The van der Waals surface area contributed by atoms with Gasteiger partial charge in [-0.05, 0) is 71.3 Å². The zero-order valence-corrected chi connectivity index (χ0v) is 22.4. The fraction of sp³-hybridized carbons (Fsp3) is 0.281. The topological polar surface area (TPSA) is 66.0 Å². The molecule has 0 saturated carbocycles. The number of rotatable bonds is 5. The molecule has 4 aromatic rings. The highest BCUT2D eigenvalue weighted by molar-refractivity contribution is 6.19. The van der Waals surface area contributed by atoms with Crippen molar-refractivity contribution in [1.29, 1.82) is 0 Å². The van der Waals surface area contributed by atoms with Gasteiger partial charge in [0.1, 0.15) is 0 Å². The Morgan fingerprint density at radius 1 is 0.711 bits per heavy atom. The van der Waals surface area contributed by atoms with Crippen LogP contribution in [0, 0.1) is 6.92 Å². The summed E-state index contributed by atoms with van der Waals surface area (Å²) in [6, 6.07) is 16.6. The Balaban J connectivity index is 1.81. The van der Waals surface area contributed by atoms with Crippen molar-refractivity contribution in [1.82, 2.24) is 0 Å². The molecule has 6 nitrogen and oxygen atoms in total. The number of methoxy groups -OCH3 is 4. The van der Waals surface area contributed by atoms with Gasteiger partial charge in [-0.2, -0.15) is 0 Å². The summed E-state index contributed by atoms with van der Waals surface area (Å²) < 4.78 is 22.8. The monoisotopic (exact) mass is 509 g/mol. The van der Waals surface area contributed by atoms with Crippen LogP contribution in [0.3, 0.4) is 0 Å². The number of anilines is 1. The molecule has 1 unspecified atom stereocenters. The number of carbonyl (C=O) groups excluding carboxylic acids is 1. The van der Waals surface area contributed by atoms with Crippen molar-refractivity contribution < 1.29 is 23.7 Å². The summed E-state index contributed by atoms with van der Waals surface area (Å²) in [4.78, 5) is 13.5. The minimum atomic E-state index is -0.215. The number of hydrogen-bond donors (Lipinski definition) is 1. The number of benzene rings is 4. The van der Waals surface area contributed by atoms with Gasteiger partial charge in [-0.25, -0.2) is 0 Å². The van der Waals surface area contributed by atoms with E-state index in [1.807, 2.05) is 24.3 Å². The molecule has 38 heavy (non-hydrogen) atoms. The standard InChI is InChI=1S/C32H31NO5/c1-17-9-11-18(12-10-17)29-30-21-15-27(37-4)25(35-2)13-19(21)20-14-26(36-3)28(38-5)16-22(20)32(30)33-23-7-6-8-24(34)31(23)29/h9-16,29,33H,6-8H2,1-5H3. The first-order valence-electron chi connectivity index (χ1n) is 12.9. The Morgan fingerprint density at radius 3 is 1.82 bits per heavy atom. The molecule has 1 atom stereocenters. The zero-order valence-electron chi connectivity index (χ0n) is 22.4. The summed E-state index contributed by atoms with van der Waals surface area (Å²) >= 11 is 0. The van der Waals surface area contributed by atoms with Crippen molar-refractivity contribution in [3.63, 3.8) is 0 Å². The first-order valence-corrected chi connectivity index (χ1v) is 12.9. The van der Waals surface area contributed by atoms with Crippen LogP contribution in [0.25, 0.3) is 21.5 Å². The maximum Gasteiger partial charge on any atom is 0.161 e. The molecule has 4 aromatic carbocycles. The van der Waals surface area contributed by atoms with Crippen LogP contribution >= 0.6 is 0 Å². The average molecular weight is 510 g/mol. The maximum absolute atomic E-state index is 13.5. The lowest BCUT2D eigenvalue weighted by molar-refractivity contribution is -0.116. The van der Waals surface area contributed by atoms with E-state index in [0.717, 1.165) is 62.5 Å². The van der Waals surface area contributed by atoms with Crippen molar-refractivity contribution in [2.24, 2.45) is 0 Å². The van der Waals surface area contributed by atoms with E-state index < -0.39 is 0 Å². The van der Waals surface area contributed by atoms with E-state index in [1.54, 1.807) is 28.4 Å². The molecule has 2 aliphatic rings. The smallest absolute Gasteiger partial charge is 0.161 e.